The number of nitrogens with zero attached hydrogens (tertiary/aromatic N) is 2. The van der Waals surface area contributed by atoms with Crippen molar-refractivity contribution in [1.29, 1.82) is 0 Å². The minimum Gasteiger partial charge on any atom is -0.389 e. The molecule has 1 fully saturated rings. The highest BCUT2D eigenvalue weighted by Gasteiger charge is 2.24. The zero-order valence-corrected chi connectivity index (χ0v) is 11.9. The van der Waals surface area contributed by atoms with E-state index in [1.54, 1.807) is 13.0 Å². The third kappa shape index (κ3) is 3.25. The van der Waals surface area contributed by atoms with Gasteiger partial charge in [0.15, 0.2) is 0 Å². The van der Waals surface area contributed by atoms with Crippen LogP contribution in [0.25, 0.3) is 0 Å². The fourth-order valence-corrected chi connectivity index (χ4v) is 2.74. The van der Waals surface area contributed by atoms with Crippen molar-refractivity contribution in [2.24, 2.45) is 0 Å². The van der Waals surface area contributed by atoms with Crippen LogP contribution >= 0.6 is 0 Å². The van der Waals surface area contributed by atoms with Gasteiger partial charge >= 0.3 is 0 Å². The van der Waals surface area contributed by atoms with E-state index in [1.165, 1.54) is 18.6 Å². The van der Waals surface area contributed by atoms with Crippen molar-refractivity contribution in [3.05, 3.63) is 29.6 Å². The van der Waals surface area contributed by atoms with E-state index >= 15 is 0 Å². The number of likely N-dealkylation sites (N-methyl/N-ethyl adjacent to an activating group) is 1. The number of hydrogen-bond acceptors (Lipinski definition) is 3. The molecule has 0 amide bonds. The van der Waals surface area contributed by atoms with Gasteiger partial charge in [-0.25, -0.2) is 4.39 Å². The molecule has 1 aliphatic rings. The lowest BCUT2D eigenvalue weighted by Gasteiger charge is -2.38. The molecule has 0 aliphatic carbocycles. The summed E-state index contributed by atoms with van der Waals surface area (Å²) in [5.41, 5.74) is 1.64. The van der Waals surface area contributed by atoms with Crippen LogP contribution in [0.4, 0.5) is 10.1 Å². The standard InChI is InChI=1S/C15H23FN2O/c1-11(19)14-9-12(16)6-7-15(14)18-8-4-5-13(10-18)17(2)3/h6-7,9,11,13,19H,4-5,8,10H2,1-3H3/t11-,13?/m1/s1. The van der Waals surface area contributed by atoms with Crippen LogP contribution in [0.2, 0.25) is 0 Å². The largest absolute Gasteiger partial charge is 0.389 e. The van der Waals surface area contributed by atoms with Crippen molar-refractivity contribution in [2.75, 3.05) is 32.1 Å². The van der Waals surface area contributed by atoms with Gasteiger partial charge in [-0.3, -0.25) is 0 Å². The van der Waals surface area contributed by atoms with Gasteiger partial charge in [-0.1, -0.05) is 0 Å². The van der Waals surface area contributed by atoms with Crippen LogP contribution in [0.15, 0.2) is 18.2 Å². The van der Waals surface area contributed by atoms with E-state index in [1.807, 2.05) is 0 Å². The first-order valence-electron chi connectivity index (χ1n) is 6.88. The van der Waals surface area contributed by atoms with Gasteiger partial charge in [0, 0.05) is 30.4 Å². The lowest BCUT2D eigenvalue weighted by atomic mass is 10.0. The van der Waals surface area contributed by atoms with Gasteiger partial charge in [-0.2, -0.15) is 0 Å². The highest BCUT2D eigenvalue weighted by Crippen LogP contribution is 2.30. The number of anilines is 1. The fourth-order valence-electron chi connectivity index (χ4n) is 2.74. The summed E-state index contributed by atoms with van der Waals surface area (Å²) >= 11 is 0. The molecule has 1 aromatic carbocycles. The average Bonchev–Trinajstić information content (AvgIpc) is 2.38. The molecule has 0 saturated carbocycles. The second-order valence-corrected chi connectivity index (χ2v) is 5.58. The summed E-state index contributed by atoms with van der Waals surface area (Å²) in [4.78, 5) is 4.49. The Balaban J connectivity index is 2.25. The summed E-state index contributed by atoms with van der Waals surface area (Å²) in [6.07, 6.45) is 1.67. The number of halogens is 1. The van der Waals surface area contributed by atoms with Crippen molar-refractivity contribution in [2.45, 2.75) is 31.9 Å². The highest BCUT2D eigenvalue weighted by atomic mass is 19.1. The summed E-state index contributed by atoms with van der Waals surface area (Å²) in [6.45, 7) is 3.58. The summed E-state index contributed by atoms with van der Waals surface area (Å²) < 4.78 is 13.3. The van der Waals surface area contributed by atoms with Gasteiger partial charge < -0.3 is 14.9 Å². The number of benzene rings is 1. The van der Waals surface area contributed by atoms with E-state index in [9.17, 15) is 9.50 Å². The van der Waals surface area contributed by atoms with Crippen LogP contribution in [0, 0.1) is 5.82 Å². The zero-order chi connectivity index (χ0) is 14.0. The monoisotopic (exact) mass is 266 g/mol. The predicted molar refractivity (Wildman–Crippen MR) is 76.0 cm³/mol. The molecule has 0 bridgehead atoms. The maximum absolute atomic E-state index is 13.3. The second-order valence-electron chi connectivity index (χ2n) is 5.58. The molecule has 1 heterocycles. The number of aliphatic hydroxyl groups is 1. The Morgan fingerprint density at radius 2 is 2.16 bits per heavy atom. The van der Waals surface area contributed by atoms with E-state index in [2.05, 4.69) is 23.9 Å². The molecule has 1 aliphatic heterocycles. The molecule has 1 unspecified atom stereocenters. The first kappa shape index (κ1) is 14.3. The minimum absolute atomic E-state index is 0.291. The molecule has 1 aromatic rings. The molecule has 0 radical (unpaired) electrons. The normalized spacial score (nSPS) is 21.8. The van der Waals surface area contributed by atoms with Gasteiger partial charge in [0.2, 0.25) is 0 Å². The lowest BCUT2D eigenvalue weighted by molar-refractivity contribution is 0.198. The van der Waals surface area contributed by atoms with Crippen LogP contribution in [0.3, 0.4) is 0 Å². The third-order valence-corrected chi connectivity index (χ3v) is 3.91. The van der Waals surface area contributed by atoms with Crippen molar-refractivity contribution in [3.63, 3.8) is 0 Å². The van der Waals surface area contributed by atoms with Crippen molar-refractivity contribution in [1.82, 2.24) is 4.90 Å². The van der Waals surface area contributed by atoms with Crippen molar-refractivity contribution >= 4 is 5.69 Å². The molecule has 2 rings (SSSR count). The van der Waals surface area contributed by atoms with Crippen LogP contribution in [-0.4, -0.2) is 43.2 Å². The first-order valence-corrected chi connectivity index (χ1v) is 6.88. The second kappa shape index (κ2) is 5.88. The summed E-state index contributed by atoms with van der Waals surface area (Å²) in [5.74, 6) is -0.291. The highest BCUT2D eigenvalue weighted by molar-refractivity contribution is 5.55. The Kier molecular flexibility index (Phi) is 4.42. The maximum atomic E-state index is 13.3. The Bertz CT molecular complexity index is 434. The Hall–Kier alpha value is -1.13. The number of rotatable bonds is 3. The van der Waals surface area contributed by atoms with Crippen molar-refractivity contribution < 1.29 is 9.50 Å². The molecule has 3 nitrogen and oxygen atoms in total. The van der Waals surface area contributed by atoms with E-state index in [4.69, 9.17) is 0 Å². The predicted octanol–water partition coefficient (Wildman–Crippen LogP) is 2.41. The topological polar surface area (TPSA) is 26.7 Å². The fraction of sp³-hybridized carbons (Fsp3) is 0.600. The molecule has 106 valence electrons. The molecule has 4 heteroatoms. The molecule has 19 heavy (non-hydrogen) atoms. The van der Waals surface area contributed by atoms with E-state index in [-0.39, 0.29) is 5.82 Å². The Morgan fingerprint density at radius 1 is 1.42 bits per heavy atom. The average molecular weight is 266 g/mol. The van der Waals surface area contributed by atoms with Gasteiger partial charge in [0.1, 0.15) is 5.82 Å². The molecule has 1 saturated heterocycles. The van der Waals surface area contributed by atoms with Gasteiger partial charge in [0.05, 0.1) is 6.10 Å². The van der Waals surface area contributed by atoms with Gasteiger partial charge in [0.25, 0.3) is 0 Å². The molecular weight excluding hydrogens is 243 g/mol. The lowest BCUT2D eigenvalue weighted by Crippen LogP contribution is -2.45. The summed E-state index contributed by atoms with van der Waals surface area (Å²) in [6, 6.07) is 5.22. The van der Waals surface area contributed by atoms with E-state index in [0.717, 1.165) is 25.2 Å². The zero-order valence-electron chi connectivity index (χ0n) is 11.9. The van der Waals surface area contributed by atoms with Crippen LogP contribution < -0.4 is 4.90 Å². The molecular formula is C15H23FN2O. The maximum Gasteiger partial charge on any atom is 0.123 e. The molecule has 2 atom stereocenters. The first-order chi connectivity index (χ1) is 8.99. The van der Waals surface area contributed by atoms with Crippen LogP contribution in [0.1, 0.15) is 31.4 Å². The van der Waals surface area contributed by atoms with Crippen LogP contribution in [-0.2, 0) is 0 Å². The van der Waals surface area contributed by atoms with E-state index < -0.39 is 6.10 Å². The molecule has 1 N–H and O–H groups in total. The molecule has 0 spiro atoms. The van der Waals surface area contributed by atoms with Crippen molar-refractivity contribution in [3.8, 4) is 0 Å². The van der Waals surface area contributed by atoms with Gasteiger partial charge in [-0.05, 0) is 52.1 Å². The summed E-state index contributed by atoms with van der Waals surface area (Å²) in [5, 5.41) is 9.83. The van der Waals surface area contributed by atoms with E-state index in [0.29, 0.717) is 11.6 Å². The smallest absolute Gasteiger partial charge is 0.123 e. The summed E-state index contributed by atoms with van der Waals surface area (Å²) in [7, 11) is 4.18. The SMILES string of the molecule is C[C@@H](O)c1cc(F)ccc1N1CCCC(N(C)C)C1. The Labute approximate surface area is 114 Å². The number of hydrogen-bond donors (Lipinski definition) is 1. The molecule has 0 aromatic heterocycles. The third-order valence-electron chi connectivity index (χ3n) is 3.91. The minimum atomic E-state index is -0.648. The Morgan fingerprint density at radius 3 is 2.79 bits per heavy atom. The number of piperidine rings is 1. The quantitative estimate of drug-likeness (QED) is 0.910. The number of aliphatic hydroxyl groups excluding tert-OH is 1. The van der Waals surface area contributed by atoms with Crippen LogP contribution in [0.5, 0.6) is 0 Å². The van der Waals surface area contributed by atoms with Gasteiger partial charge in [-0.15, -0.1) is 0 Å².